The van der Waals surface area contributed by atoms with Crippen LogP contribution in [0.25, 0.3) is 10.8 Å². The van der Waals surface area contributed by atoms with Gasteiger partial charge < -0.3 is 5.43 Å². The molecule has 0 aliphatic rings. The van der Waals surface area contributed by atoms with Crippen LogP contribution in [0.4, 0.5) is 5.69 Å². The molecule has 3 N–H and O–H groups in total. The molecule has 0 bridgehead atoms. The summed E-state index contributed by atoms with van der Waals surface area (Å²) < 4.78 is 0. The van der Waals surface area contributed by atoms with Crippen molar-refractivity contribution >= 4 is 16.5 Å². The molecule has 0 saturated carbocycles. The van der Waals surface area contributed by atoms with Gasteiger partial charge in [-0.1, -0.05) is 36.4 Å². The average Bonchev–Trinajstić information content (AvgIpc) is 2.18. The van der Waals surface area contributed by atoms with E-state index in [0.717, 1.165) is 5.69 Å². The quantitative estimate of drug-likeness (QED) is 0.512. The third-order valence-electron chi connectivity index (χ3n) is 2.28. The van der Waals surface area contributed by atoms with Crippen molar-refractivity contribution in [1.29, 1.82) is 0 Å². The smallest absolute Gasteiger partial charge is 0.0592 e. The van der Waals surface area contributed by atoms with E-state index in [2.05, 4.69) is 29.7 Å². The summed E-state index contributed by atoms with van der Waals surface area (Å²) in [6, 6.07) is 12.4. The van der Waals surface area contributed by atoms with E-state index in [4.69, 9.17) is 5.84 Å². The van der Waals surface area contributed by atoms with E-state index in [1.54, 1.807) is 0 Å². The van der Waals surface area contributed by atoms with Gasteiger partial charge in [-0.05, 0) is 17.9 Å². The molecule has 0 unspecified atom stereocenters. The predicted molar refractivity (Wildman–Crippen MR) is 56.5 cm³/mol. The number of nitrogen functional groups attached to an aromatic ring is 1. The van der Waals surface area contributed by atoms with Crippen LogP contribution in [-0.4, -0.2) is 0 Å². The Kier molecular flexibility index (Phi) is 1.91. The van der Waals surface area contributed by atoms with Crippen molar-refractivity contribution in [2.45, 2.75) is 6.92 Å². The number of nitrogens with two attached hydrogens (primary N) is 1. The first-order chi connectivity index (χ1) is 6.33. The van der Waals surface area contributed by atoms with Crippen molar-refractivity contribution in [2.75, 3.05) is 5.43 Å². The highest BCUT2D eigenvalue weighted by Crippen LogP contribution is 2.25. The lowest BCUT2D eigenvalue weighted by Crippen LogP contribution is -2.08. The molecule has 0 aromatic heterocycles. The molecule has 2 heteroatoms. The first-order valence-electron chi connectivity index (χ1n) is 4.28. The minimum Gasteiger partial charge on any atom is -0.323 e. The highest BCUT2D eigenvalue weighted by molar-refractivity contribution is 5.95. The standard InChI is InChI=1S/C11H12N2/c1-8-6-7-9-4-2-3-5-10(9)11(8)13-12/h2-7,13H,12H2,1H3. The van der Waals surface area contributed by atoms with Crippen LogP contribution in [0.15, 0.2) is 36.4 Å². The number of rotatable bonds is 1. The van der Waals surface area contributed by atoms with Crippen molar-refractivity contribution in [3.63, 3.8) is 0 Å². The van der Waals surface area contributed by atoms with Crippen molar-refractivity contribution in [2.24, 2.45) is 5.84 Å². The molecule has 2 nitrogen and oxygen atoms in total. The molecule has 0 heterocycles. The third kappa shape index (κ3) is 1.25. The largest absolute Gasteiger partial charge is 0.323 e. The number of fused-ring (bicyclic) bond motifs is 1. The van der Waals surface area contributed by atoms with Crippen molar-refractivity contribution < 1.29 is 0 Å². The summed E-state index contributed by atoms with van der Waals surface area (Å²) in [6.07, 6.45) is 0. The van der Waals surface area contributed by atoms with Gasteiger partial charge in [0.05, 0.1) is 5.69 Å². The van der Waals surface area contributed by atoms with Gasteiger partial charge in [-0.15, -0.1) is 0 Å². The van der Waals surface area contributed by atoms with Crippen LogP contribution in [0.2, 0.25) is 0 Å². The predicted octanol–water partition coefficient (Wildman–Crippen LogP) is 2.43. The fraction of sp³-hybridized carbons (Fsp3) is 0.0909. The molecule has 0 aliphatic heterocycles. The minimum atomic E-state index is 1.01. The van der Waals surface area contributed by atoms with Crippen LogP contribution in [0.1, 0.15) is 5.56 Å². The first-order valence-corrected chi connectivity index (χ1v) is 4.28. The molecule has 0 aliphatic carbocycles. The van der Waals surface area contributed by atoms with Crippen LogP contribution >= 0.6 is 0 Å². The van der Waals surface area contributed by atoms with Crippen LogP contribution in [-0.2, 0) is 0 Å². The van der Waals surface area contributed by atoms with Gasteiger partial charge >= 0.3 is 0 Å². The fourth-order valence-corrected chi connectivity index (χ4v) is 1.57. The van der Waals surface area contributed by atoms with Crippen molar-refractivity contribution in [3.8, 4) is 0 Å². The monoisotopic (exact) mass is 172 g/mol. The summed E-state index contributed by atoms with van der Waals surface area (Å²) in [4.78, 5) is 0. The Morgan fingerprint density at radius 2 is 1.85 bits per heavy atom. The molecule has 2 rings (SSSR count). The number of aryl methyl sites for hydroxylation is 1. The zero-order chi connectivity index (χ0) is 9.26. The molecule has 0 saturated heterocycles. The van der Waals surface area contributed by atoms with E-state index < -0.39 is 0 Å². The number of benzene rings is 2. The van der Waals surface area contributed by atoms with Crippen LogP contribution < -0.4 is 11.3 Å². The summed E-state index contributed by atoms with van der Waals surface area (Å²) in [5.74, 6) is 5.47. The molecule has 2 aromatic rings. The average molecular weight is 172 g/mol. The summed E-state index contributed by atoms with van der Waals surface area (Å²) in [5, 5.41) is 2.38. The van der Waals surface area contributed by atoms with E-state index in [0.29, 0.717) is 0 Å². The van der Waals surface area contributed by atoms with Crippen LogP contribution in [0.3, 0.4) is 0 Å². The number of nitrogens with one attached hydrogen (secondary N) is 1. The Morgan fingerprint density at radius 3 is 2.62 bits per heavy atom. The summed E-state index contributed by atoms with van der Waals surface area (Å²) in [7, 11) is 0. The lowest BCUT2D eigenvalue weighted by molar-refractivity contribution is 1.33. The maximum atomic E-state index is 5.47. The van der Waals surface area contributed by atoms with E-state index in [1.165, 1.54) is 16.3 Å². The van der Waals surface area contributed by atoms with Crippen molar-refractivity contribution in [3.05, 3.63) is 42.0 Å². The molecular formula is C11H12N2. The van der Waals surface area contributed by atoms with Gasteiger partial charge in [0.25, 0.3) is 0 Å². The molecule has 2 aromatic carbocycles. The lowest BCUT2D eigenvalue weighted by atomic mass is 10.1. The molecule has 0 atom stereocenters. The summed E-state index contributed by atoms with van der Waals surface area (Å²) >= 11 is 0. The summed E-state index contributed by atoms with van der Waals surface area (Å²) in [6.45, 7) is 2.04. The topological polar surface area (TPSA) is 38.0 Å². The van der Waals surface area contributed by atoms with E-state index >= 15 is 0 Å². The maximum absolute atomic E-state index is 5.47. The van der Waals surface area contributed by atoms with Gasteiger partial charge in [0.1, 0.15) is 0 Å². The van der Waals surface area contributed by atoms with Gasteiger partial charge in [-0.25, -0.2) is 0 Å². The molecule has 0 fully saturated rings. The first kappa shape index (κ1) is 8.08. The normalized spacial score (nSPS) is 10.3. The molecular weight excluding hydrogens is 160 g/mol. The number of hydrogen-bond acceptors (Lipinski definition) is 2. The number of hydrazine groups is 1. The van der Waals surface area contributed by atoms with Gasteiger partial charge in [-0.2, -0.15) is 0 Å². The van der Waals surface area contributed by atoms with Gasteiger partial charge in [0.2, 0.25) is 0 Å². The second-order valence-corrected chi connectivity index (χ2v) is 3.12. The SMILES string of the molecule is Cc1ccc2ccccc2c1NN. The van der Waals surface area contributed by atoms with E-state index in [1.807, 2.05) is 19.1 Å². The van der Waals surface area contributed by atoms with Crippen LogP contribution in [0, 0.1) is 6.92 Å². The Balaban J connectivity index is 2.84. The van der Waals surface area contributed by atoms with Crippen molar-refractivity contribution in [1.82, 2.24) is 0 Å². The molecule has 13 heavy (non-hydrogen) atoms. The van der Waals surface area contributed by atoms with Crippen LogP contribution in [0.5, 0.6) is 0 Å². The Labute approximate surface area is 77.3 Å². The fourth-order valence-electron chi connectivity index (χ4n) is 1.57. The zero-order valence-corrected chi connectivity index (χ0v) is 7.54. The highest BCUT2D eigenvalue weighted by Gasteiger charge is 2.00. The second-order valence-electron chi connectivity index (χ2n) is 3.12. The third-order valence-corrected chi connectivity index (χ3v) is 2.28. The number of anilines is 1. The molecule has 0 spiro atoms. The van der Waals surface area contributed by atoms with Gasteiger partial charge in [0, 0.05) is 5.39 Å². The molecule has 0 radical (unpaired) electrons. The van der Waals surface area contributed by atoms with E-state index in [-0.39, 0.29) is 0 Å². The Morgan fingerprint density at radius 1 is 1.08 bits per heavy atom. The highest BCUT2D eigenvalue weighted by atomic mass is 15.2. The summed E-state index contributed by atoms with van der Waals surface area (Å²) in [5.41, 5.74) is 4.92. The van der Waals surface area contributed by atoms with Gasteiger partial charge in [0.15, 0.2) is 0 Å². The zero-order valence-electron chi connectivity index (χ0n) is 7.54. The second kappa shape index (κ2) is 3.07. The van der Waals surface area contributed by atoms with E-state index in [9.17, 15) is 0 Å². The molecule has 0 amide bonds. The minimum absolute atomic E-state index is 1.01. The number of hydrogen-bond donors (Lipinski definition) is 2. The lowest BCUT2D eigenvalue weighted by Gasteiger charge is -2.08. The maximum Gasteiger partial charge on any atom is 0.0592 e. The Hall–Kier alpha value is -1.54. The van der Waals surface area contributed by atoms with Gasteiger partial charge in [-0.3, -0.25) is 5.84 Å². The Bertz CT molecular complexity index is 435. The molecule has 66 valence electrons.